The van der Waals surface area contributed by atoms with E-state index in [0.29, 0.717) is 17.8 Å². The van der Waals surface area contributed by atoms with Crippen LogP contribution in [0.5, 0.6) is 0 Å². The van der Waals surface area contributed by atoms with Crippen molar-refractivity contribution in [1.29, 1.82) is 0 Å². The van der Waals surface area contributed by atoms with Crippen molar-refractivity contribution in [3.05, 3.63) is 17.0 Å². The fraction of sp³-hybridized carbons (Fsp3) is 0.615. The monoisotopic (exact) mass is 266 g/mol. The molecule has 0 aliphatic carbocycles. The molecule has 1 aromatic heterocycles. The molecule has 0 fully saturated rings. The lowest BCUT2D eigenvalue weighted by Crippen LogP contribution is -2.41. The molecule has 0 unspecified atom stereocenters. The molecule has 0 bridgehead atoms. The molecule has 1 rings (SSSR count). The summed E-state index contributed by atoms with van der Waals surface area (Å²) in [7, 11) is 3.37. The number of amides is 2. The summed E-state index contributed by atoms with van der Waals surface area (Å²) >= 11 is 0. The van der Waals surface area contributed by atoms with Gasteiger partial charge in [-0.05, 0) is 20.3 Å². The lowest BCUT2D eigenvalue weighted by Gasteiger charge is -2.23. The Hall–Kier alpha value is -1.85. The number of hydrogen-bond acceptors (Lipinski definition) is 3. The van der Waals surface area contributed by atoms with Gasteiger partial charge in [-0.15, -0.1) is 0 Å². The molecule has 0 aliphatic heterocycles. The van der Waals surface area contributed by atoms with Gasteiger partial charge in [-0.1, -0.05) is 6.92 Å². The zero-order valence-corrected chi connectivity index (χ0v) is 12.3. The third kappa shape index (κ3) is 3.56. The normalized spacial score (nSPS) is 10.4. The van der Waals surface area contributed by atoms with Gasteiger partial charge >= 0.3 is 0 Å². The Bertz CT molecular complexity index is 446. The summed E-state index contributed by atoms with van der Waals surface area (Å²) in [6.07, 6.45) is 0.808. The van der Waals surface area contributed by atoms with E-state index in [1.807, 2.05) is 13.8 Å². The molecule has 0 aliphatic rings. The number of aryl methyl sites for hydroxylation is 2. The van der Waals surface area contributed by atoms with Gasteiger partial charge in [0.2, 0.25) is 5.91 Å². The standard InChI is InChI=1S/C13H22N4O2/c1-6-7-17(8-11(18)16(4)5)13(19)12-9(2)14-15-10(12)3/h6-8H2,1-5H3,(H,14,15). The van der Waals surface area contributed by atoms with Crippen molar-refractivity contribution < 1.29 is 9.59 Å². The minimum Gasteiger partial charge on any atom is -0.347 e. The minimum absolute atomic E-state index is 0.0828. The topological polar surface area (TPSA) is 69.3 Å². The van der Waals surface area contributed by atoms with Crippen LogP contribution in [0.2, 0.25) is 0 Å². The van der Waals surface area contributed by atoms with Crippen LogP contribution in [0, 0.1) is 13.8 Å². The summed E-state index contributed by atoms with van der Waals surface area (Å²) in [5.41, 5.74) is 1.97. The van der Waals surface area contributed by atoms with Gasteiger partial charge in [0.05, 0.1) is 11.3 Å². The van der Waals surface area contributed by atoms with Crippen molar-refractivity contribution >= 4 is 11.8 Å². The second-order valence-corrected chi connectivity index (χ2v) is 4.82. The van der Waals surface area contributed by atoms with Gasteiger partial charge in [0.15, 0.2) is 0 Å². The number of nitrogens with one attached hydrogen (secondary N) is 1. The molecule has 1 heterocycles. The van der Waals surface area contributed by atoms with E-state index in [9.17, 15) is 9.59 Å². The molecule has 0 atom stereocenters. The summed E-state index contributed by atoms with van der Waals surface area (Å²) in [5, 5.41) is 6.82. The quantitative estimate of drug-likeness (QED) is 0.863. The Balaban J connectivity index is 2.93. The molecule has 19 heavy (non-hydrogen) atoms. The van der Waals surface area contributed by atoms with Crippen molar-refractivity contribution in [2.75, 3.05) is 27.2 Å². The zero-order valence-electron chi connectivity index (χ0n) is 12.3. The fourth-order valence-electron chi connectivity index (χ4n) is 1.85. The molecule has 0 radical (unpaired) electrons. The highest BCUT2D eigenvalue weighted by Gasteiger charge is 2.23. The van der Waals surface area contributed by atoms with E-state index >= 15 is 0 Å². The van der Waals surface area contributed by atoms with Crippen LogP contribution in [0.25, 0.3) is 0 Å². The zero-order chi connectivity index (χ0) is 14.6. The Kier molecular flexibility index (Phi) is 5.09. The van der Waals surface area contributed by atoms with Crippen LogP contribution in [-0.2, 0) is 4.79 Å². The van der Waals surface area contributed by atoms with E-state index in [0.717, 1.165) is 12.1 Å². The Morgan fingerprint density at radius 3 is 2.32 bits per heavy atom. The number of likely N-dealkylation sites (N-methyl/N-ethyl adjacent to an activating group) is 1. The Morgan fingerprint density at radius 2 is 1.89 bits per heavy atom. The van der Waals surface area contributed by atoms with Crippen LogP contribution in [0.15, 0.2) is 0 Å². The first kappa shape index (κ1) is 15.2. The minimum atomic E-state index is -0.138. The van der Waals surface area contributed by atoms with Gasteiger partial charge in [0, 0.05) is 26.3 Å². The molecule has 0 saturated carbocycles. The molecular weight excluding hydrogens is 244 g/mol. The molecule has 0 aromatic carbocycles. The number of aromatic amines is 1. The molecule has 0 spiro atoms. The van der Waals surface area contributed by atoms with Gasteiger partial charge in [0.1, 0.15) is 6.54 Å². The van der Waals surface area contributed by atoms with Crippen molar-refractivity contribution in [2.24, 2.45) is 0 Å². The van der Waals surface area contributed by atoms with E-state index in [1.54, 1.807) is 25.9 Å². The number of nitrogens with zero attached hydrogens (tertiary/aromatic N) is 3. The number of carbonyl (C=O) groups is 2. The molecule has 6 heteroatoms. The first-order chi connectivity index (χ1) is 8.88. The molecule has 106 valence electrons. The number of aromatic nitrogens is 2. The van der Waals surface area contributed by atoms with Gasteiger partial charge in [-0.2, -0.15) is 5.10 Å². The second-order valence-electron chi connectivity index (χ2n) is 4.82. The highest BCUT2D eigenvalue weighted by atomic mass is 16.2. The SMILES string of the molecule is CCCN(CC(=O)N(C)C)C(=O)c1c(C)n[nH]c1C. The summed E-state index contributed by atoms with van der Waals surface area (Å²) in [6, 6.07) is 0. The van der Waals surface area contributed by atoms with E-state index < -0.39 is 0 Å². The van der Waals surface area contributed by atoms with Gasteiger partial charge in [0.25, 0.3) is 5.91 Å². The lowest BCUT2D eigenvalue weighted by atomic mass is 10.1. The second kappa shape index (κ2) is 6.36. The average Bonchev–Trinajstić information content (AvgIpc) is 2.67. The molecule has 1 aromatic rings. The third-order valence-corrected chi connectivity index (χ3v) is 2.95. The largest absolute Gasteiger partial charge is 0.347 e. The van der Waals surface area contributed by atoms with Crippen molar-refractivity contribution in [3.63, 3.8) is 0 Å². The molecular formula is C13H22N4O2. The maximum Gasteiger partial charge on any atom is 0.258 e. The lowest BCUT2D eigenvalue weighted by molar-refractivity contribution is -0.129. The molecule has 1 N–H and O–H groups in total. The van der Waals surface area contributed by atoms with E-state index in [2.05, 4.69) is 10.2 Å². The summed E-state index contributed by atoms with van der Waals surface area (Å²) < 4.78 is 0. The predicted octanol–water partition coefficient (Wildman–Crippen LogP) is 0.967. The molecule has 6 nitrogen and oxygen atoms in total. The summed E-state index contributed by atoms with van der Waals surface area (Å²) in [4.78, 5) is 27.3. The maximum absolute atomic E-state index is 12.5. The van der Waals surface area contributed by atoms with Gasteiger partial charge in [-0.25, -0.2) is 0 Å². The fourth-order valence-corrected chi connectivity index (χ4v) is 1.85. The average molecular weight is 266 g/mol. The van der Waals surface area contributed by atoms with Crippen LogP contribution in [0.4, 0.5) is 0 Å². The van der Waals surface area contributed by atoms with Crippen molar-refractivity contribution in [1.82, 2.24) is 20.0 Å². The van der Waals surface area contributed by atoms with Crippen LogP contribution in [0.1, 0.15) is 35.1 Å². The van der Waals surface area contributed by atoms with Gasteiger partial charge < -0.3 is 9.80 Å². The van der Waals surface area contributed by atoms with Crippen molar-refractivity contribution in [3.8, 4) is 0 Å². The van der Waals surface area contributed by atoms with E-state index in [-0.39, 0.29) is 18.4 Å². The third-order valence-electron chi connectivity index (χ3n) is 2.95. The summed E-state index contributed by atoms with van der Waals surface area (Å²) in [6.45, 7) is 6.24. The first-order valence-electron chi connectivity index (χ1n) is 6.39. The predicted molar refractivity (Wildman–Crippen MR) is 73.0 cm³/mol. The number of rotatable bonds is 5. The highest BCUT2D eigenvalue weighted by Crippen LogP contribution is 2.13. The molecule has 0 saturated heterocycles. The van der Waals surface area contributed by atoms with Crippen LogP contribution in [-0.4, -0.2) is 59.0 Å². The van der Waals surface area contributed by atoms with Crippen LogP contribution < -0.4 is 0 Å². The first-order valence-corrected chi connectivity index (χ1v) is 6.39. The number of H-pyrrole nitrogens is 1. The Labute approximate surface area is 113 Å². The molecule has 2 amide bonds. The van der Waals surface area contributed by atoms with Crippen LogP contribution >= 0.6 is 0 Å². The van der Waals surface area contributed by atoms with E-state index in [1.165, 1.54) is 4.90 Å². The van der Waals surface area contributed by atoms with Crippen LogP contribution in [0.3, 0.4) is 0 Å². The van der Waals surface area contributed by atoms with Gasteiger partial charge in [-0.3, -0.25) is 14.7 Å². The van der Waals surface area contributed by atoms with Crippen molar-refractivity contribution in [2.45, 2.75) is 27.2 Å². The smallest absolute Gasteiger partial charge is 0.258 e. The summed E-state index contributed by atoms with van der Waals surface area (Å²) in [5.74, 6) is -0.221. The Morgan fingerprint density at radius 1 is 1.26 bits per heavy atom. The van der Waals surface area contributed by atoms with E-state index in [4.69, 9.17) is 0 Å². The maximum atomic E-state index is 12.5. The number of carbonyl (C=O) groups excluding carboxylic acids is 2. The highest BCUT2D eigenvalue weighted by molar-refractivity contribution is 5.98. The number of hydrogen-bond donors (Lipinski definition) is 1.